The number of halogens is 2. The molecule has 32 heavy (non-hydrogen) atoms. The molecule has 3 aromatic carbocycles. The molecule has 0 radical (unpaired) electrons. The largest absolute Gasteiger partial charge is 0.214 e. The Morgan fingerprint density at radius 1 is 0.812 bits per heavy atom. The molecule has 0 nitrogen and oxygen atoms in total. The van der Waals surface area contributed by atoms with E-state index in [4.69, 9.17) is 0 Å². The maximum atomic E-state index is 3.58. The van der Waals surface area contributed by atoms with Crippen molar-refractivity contribution in [2.75, 3.05) is 0 Å². The van der Waals surface area contributed by atoms with Crippen LogP contribution in [0.5, 0.6) is 0 Å². The molecule has 0 heterocycles. The molecule has 1 saturated carbocycles. The number of hydrogen-bond donors (Lipinski definition) is 0. The van der Waals surface area contributed by atoms with Crippen molar-refractivity contribution in [2.45, 2.75) is 58.5 Å². The first-order valence-corrected chi connectivity index (χ1v) is 19.2. The van der Waals surface area contributed by atoms with Gasteiger partial charge >= 0.3 is 40.3 Å². The van der Waals surface area contributed by atoms with Gasteiger partial charge in [-0.2, -0.15) is 47.1 Å². The van der Waals surface area contributed by atoms with Crippen molar-refractivity contribution in [3.05, 3.63) is 77.9 Å². The topological polar surface area (TPSA) is 0 Å². The fraction of sp³-hybridized carbons (Fsp3) is 0.333. The first-order valence-electron chi connectivity index (χ1n) is 11.0. The third-order valence-corrected chi connectivity index (χ3v) is 10.9. The summed E-state index contributed by atoms with van der Waals surface area (Å²) in [5, 5.41) is 3.08. The van der Waals surface area contributed by atoms with Gasteiger partial charge in [0.1, 0.15) is 0 Å². The molecule has 2 aliphatic rings. The SMILES string of the molecule is C[Si](C)(C)c1c[c-]c2c(c1)-c1cc([Si](C)(C)C)ccc1C2.[Cl-].[Cl-].[Zr+2]=[C]1CC1.c1cc[cH-]c1. The van der Waals surface area contributed by atoms with E-state index in [0.717, 1.165) is 6.42 Å². The maximum Gasteiger partial charge on any atom is -0.172 e. The zero-order chi connectivity index (χ0) is 21.9. The van der Waals surface area contributed by atoms with Gasteiger partial charge in [0.25, 0.3) is 0 Å². The summed E-state index contributed by atoms with van der Waals surface area (Å²) in [6.07, 6.45) is 3.94. The Bertz CT molecular complexity index is 928. The summed E-state index contributed by atoms with van der Waals surface area (Å²) in [4.78, 5) is 0. The Morgan fingerprint density at radius 3 is 1.78 bits per heavy atom. The van der Waals surface area contributed by atoms with Gasteiger partial charge in [-0.25, -0.2) is 12.1 Å². The Labute approximate surface area is 224 Å². The molecule has 0 N–H and O–H groups in total. The summed E-state index contributed by atoms with van der Waals surface area (Å²) >= 11 is 1.66. The minimum absolute atomic E-state index is 0. The standard InChI is InChI=1S/C19H25Si2.C5H5.C3H4.2ClH.Zr/c1-20(2,3)16-9-7-14-11-15-8-10-17(21(4,5)6)13-19(15)18(14)12-16;1-2-4-5-3-1;1-2-3-1;;;/h7,9-10,12-13H,11H2,1-6H3;1-5H;1-2H2;2*1H;/q2*-1;;;;+2/p-2. The Kier molecular flexibility index (Phi) is 11.4. The molecule has 5 heteroatoms. The van der Waals surface area contributed by atoms with E-state index < -0.39 is 16.1 Å². The summed E-state index contributed by atoms with van der Waals surface area (Å²) in [5.74, 6) is 0. The molecule has 0 amide bonds. The van der Waals surface area contributed by atoms with Crippen molar-refractivity contribution >= 4 is 29.7 Å². The Hall–Kier alpha value is -0.443. The van der Waals surface area contributed by atoms with Gasteiger partial charge in [-0.3, -0.25) is 0 Å². The van der Waals surface area contributed by atoms with Gasteiger partial charge in [-0.15, -0.1) is 5.56 Å². The summed E-state index contributed by atoms with van der Waals surface area (Å²) in [7, 11) is -2.52. The summed E-state index contributed by atoms with van der Waals surface area (Å²) < 4.78 is 1.76. The fourth-order valence-electron chi connectivity index (χ4n) is 3.37. The van der Waals surface area contributed by atoms with Crippen LogP contribution in [0.1, 0.15) is 24.0 Å². The molecule has 1 fully saturated rings. The molecular weight excluding hydrogens is 543 g/mol. The van der Waals surface area contributed by atoms with Gasteiger partial charge in [0.15, 0.2) is 0 Å². The van der Waals surface area contributed by atoms with Crippen molar-refractivity contribution in [3.8, 4) is 11.1 Å². The number of hydrogen-bond acceptors (Lipinski definition) is 0. The van der Waals surface area contributed by atoms with E-state index >= 15 is 0 Å². The van der Waals surface area contributed by atoms with Gasteiger partial charge in [0.05, 0.1) is 8.07 Å². The van der Waals surface area contributed by atoms with Crippen molar-refractivity contribution < 1.29 is 49.0 Å². The van der Waals surface area contributed by atoms with Gasteiger partial charge in [-0.05, 0) is 6.42 Å². The van der Waals surface area contributed by atoms with Crippen LogP contribution in [0, 0.1) is 6.07 Å². The van der Waals surface area contributed by atoms with E-state index in [1.54, 1.807) is 32.6 Å². The summed E-state index contributed by atoms with van der Waals surface area (Å²) in [6.45, 7) is 14.5. The van der Waals surface area contributed by atoms with Crippen LogP contribution in [0.3, 0.4) is 0 Å². The Balaban J connectivity index is 0.000000387. The van der Waals surface area contributed by atoms with E-state index in [-0.39, 0.29) is 24.8 Å². The molecule has 0 spiro atoms. The molecule has 0 aromatic heterocycles. The number of benzene rings is 2. The van der Waals surface area contributed by atoms with Crippen molar-refractivity contribution in [1.82, 2.24) is 0 Å². The van der Waals surface area contributed by atoms with Gasteiger partial charge < -0.3 is 24.8 Å². The van der Waals surface area contributed by atoms with E-state index in [0.29, 0.717) is 0 Å². The second kappa shape index (κ2) is 12.3. The molecule has 0 aliphatic heterocycles. The van der Waals surface area contributed by atoms with Gasteiger partial charge in [0, 0.05) is 8.07 Å². The number of rotatable bonds is 2. The summed E-state index contributed by atoms with van der Waals surface area (Å²) in [6, 6.07) is 25.5. The van der Waals surface area contributed by atoms with Crippen LogP contribution in [0.25, 0.3) is 11.1 Å². The van der Waals surface area contributed by atoms with E-state index in [1.807, 2.05) is 30.3 Å². The average molecular weight is 577 g/mol. The van der Waals surface area contributed by atoms with Crippen LogP contribution in [0.15, 0.2) is 60.7 Å². The van der Waals surface area contributed by atoms with E-state index in [9.17, 15) is 0 Å². The van der Waals surface area contributed by atoms with Crippen LogP contribution in [-0.4, -0.2) is 19.4 Å². The second-order valence-electron chi connectivity index (χ2n) is 10.4. The predicted octanol–water partition coefficient (Wildman–Crippen LogP) is 0.0613. The zero-order valence-electron chi connectivity index (χ0n) is 20.2. The quantitative estimate of drug-likeness (QED) is 0.234. The molecule has 0 atom stereocenters. The van der Waals surface area contributed by atoms with Crippen molar-refractivity contribution in [1.29, 1.82) is 0 Å². The normalized spacial score (nSPS) is 13.2. The molecular formula is C27H34Cl2Si2Zr-2. The van der Waals surface area contributed by atoms with Crippen LogP contribution in [0.4, 0.5) is 0 Å². The van der Waals surface area contributed by atoms with Gasteiger partial charge in [-0.1, -0.05) is 73.8 Å². The van der Waals surface area contributed by atoms with E-state index in [2.05, 4.69) is 75.7 Å². The Morgan fingerprint density at radius 2 is 1.34 bits per heavy atom. The molecule has 0 bridgehead atoms. The molecule has 5 rings (SSSR count). The van der Waals surface area contributed by atoms with E-state index in [1.165, 1.54) is 40.3 Å². The third-order valence-electron chi connectivity index (χ3n) is 5.58. The second-order valence-corrected chi connectivity index (χ2v) is 22.3. The minimum atomic E-state index is -1.27. The average Bonchev–Trinajstić information content (AvgIpc) is 3.15. The van der Waals surface area contributed by atoms with Crippen molar-refractivity contribution in [2.24, 2.45) is 0 Å². The first kappa shape index (κ1) is 29.6. The smallest absolute Gasteiger partial charge is 0.172 e. The first-order chi connectivity index (χ1) is 14.1. The third kappa shape index (κ3) is 8.40. The molecule has 3 aromatic rings. The zero-order valence-corrected chi connectivity index (χ0v) is 26.1. The summed E-state index contributed by atoms with van der Waals surface area (Å²) in [5.41, 5.74) is 5.79. The van der Waals surface area contributed by atoms with Crippen LogP contribution >= 0.6 is 0 Å². The number of fused-ring (bicyclic) bond motifs is 3. The predicted molar refractivity (Wildman–Crippen MR) is 136 cm³/mol. The van der Waals surface area contributed by atoms with Gasteiger partial charge in [0.2, 0.25) is 0 Å². The molecule has 0 unspecified atom stereocenters. The molecule has 170 valence electrons. The van der Waals surface area contributed by atoms with Crippen molar-refractivity contribution in [3.63, 3.8) is 0 Å². The monoisotopic (exact) mass is 574 g/mol. The minimum Gasteiger partial charge on any atom is -0.214 e. The maximum absolute atomic E-state index is 3.58. The van der Waals surface area contributed by atoms with Crippen LogP contribution < -0.4 is 35.2 Å². The molecule has 2 aliphatic carbocycles. The molecule has 0 saturated heterocycles. The van der Waals surface area contributed by atoms with Crippen LogP contribution in [-0.2, 0) is 30.7 Å². The fourth-order valence-corrected chi connectivity index (χ4v) is 5.92. The van der Waals surface area contributed by atoms with Crippen LogP contribution in [0.2, 0.25) is 39.3 Å².